The molecule has 0 saturated carbocycles. The number of alkyl halides is 1. The molecule has 0 aliphatic rings. The molecule has 0 bridgehead atoms. The summed E-state index contributed by atoms with van der Waals surface area (Å²) in [4.78, 5) is 0. The van der Waals surface area contributed by atoms with Crippen LogP contribution in [0.4, 0.5) is 10.2 Å². The summed E-state index contributed by atoms with van der Waals surface area (Å²) in [5, 5.41) is 6.01. The Morgan fingerprint density at radius 1 is 1.89 bits per heavy atom. The maximum atomic E-state index is 12.3. The summed E-state index contributed by atoms with van der Waals surface area (Å²) >= 11 is 0. The molecule has 0 fully saturated rings. The molecule has 50 valence electrons. The third kappa shape index (κ3) is 1.19. The highest BCUT2D eigenvalue weighted by Crippen LogP contribution is 2.14. The number of anilines is 1. The number of aromatic amines is 1. The molecule has 1 atom stereocenters. The lowest BCUT2D eigenvalue weighted by Gasteiger charge is -1.91. The number of aromatic nitrogens is 2. The largest absolute Gasteiger partial charge is 0.382 e. The van der Waals surface area contributed by atoms with Gasteiger partial charge in [0, 0.05) is 6.07 Å². The van der Waals surface area contributed by atoms with Gasteiger partial charge in [0.25, 0.3) is 0 Å². The molecule has 3 nitrogen and oxygen atoms in total. The molecule has 0 spiro atoms. The number of H-pyrrole nitrogens is 1. The highest BCUT2D eigenvalue weighted by atomic mass is 19.1. The average Bonchev–Trinajstić information content (AvgIpc) is 2.14. The monoisotopic (exact) mass is 129 g/mol. The zero-order valence-corrected chi connectivity index (χ0v) is 5.06. The van der Waals surface area contributed by atoms with Crippen molar-refractivity contribution in [2.75, 3.05) is 5.73 Å². The van der Waals surface area contributed by atoms with Gasteiger partial charge in [0.1, 0.15) is 12.0 Å². The van der Waals surface area contributed by atoms with Gasteiger partial charge in [0.2, 0.25) is 0 Å². The van der Waals surface area contributed by atoms with Gasteiger partial charge in [-0.25, -0.2) is 4.39 Å². The van der Waals surface area contributed by atoms with Gasteiger partial charge in [0.05, 0.1) is 5.69 Å². The Bertz CT molecular complexity index is 194. The van der Waals surface area contributed by atoms with Crippen molar-refractivity contribution in [3.8, 4) is 0 Å². The van der Waals surface area contributed by atoms with E-state index in [1.165, 1.54) is 13.0 Å². The maximum absolute atomic E-state index is 12.3. The average molecular weight is 129 g/mol. The van der Waals surface area contributed by atoms with Gasteiger partial charge in [-0.1, -0.05) is 0 Å². The van der Waals surface area contributed by atoms with E-state index in [9.17, 15) is 4.39 Å². The standard InChI is InChI=1S/C5H8FN3/c1-3(6)4-2-5(7)9-8-4/h2-3H,1H3,(H3,7,8,9)/t3-/m1/s1. The third-order valence-electron chi connectivity index (χ3n) is 1.05. The van der Waals surface area contributed by atoms with Crippen LogP contribution in [0.5, 0.6) is 0 Å². The Labute approximate surface area is 52.1 Å². The number of nitrogen functional groups attached to an aromatic ring is 1. The first kappa shape index (κ1) is 6.07. The Hall–Kier alpha value is -1.06. The molecular formula is C5H8FN3. The first-order chi connectivity index (χ1) is 4.20. The Kier molecular flexibility index (Phi) is 1.38. The van der Waals surface area contributed by atoms with Gasteiger partial charge in [-0.05, 0) is 6.92 Å². The van der Waals surface area contributed by atoms with Crippen molar-refractivity contribution in [3.05, 3.63) is 11.8 Å². The summed E-state index contributed by atoms with van der Waals surface area (Å²) in [6.07, 6.45) is -1.02. The van der Waals surface area contributed by atoms with E-state index in [2.05, 4.69) is 10.2 Å². The zero-order valence-electron chi connectivity index (χ0n) is 5.06. The molecule has 1 rings (SSSR count). The molecule has 0 unspecified atom stereocenters. The molecule has 1 heterocycles. The van der Waals surface area contributed by atoms with E-state index in [4.69, 9.17) is 5.73 Å². The minimum Gasteiger partial charge on any atom is -0.382 e. The first-order valence-corrected chi connectivity index (χ1v) is 2.65. The second-order valence-corrected chi connectivity index (χ2v) is 1.86. The van der Waals surface area contributed by atoms with Gasteiger partial charge >= 0.3 is 0 Å². The normalized spacial score (nSPS) is 13.6. The van der Waals surface area contributed by atoms with Crippen LogP contribution in [0.1, 0.15) is 18.8 Å². The molecule has 0 amide bonds. The summed E-state index contributed by atoms with van der Waals surface area (Å²) in [5.41, 5.74) is 5.63. The number of rotatable bonds is 1. The lowest BCUT2D eigenvalue weighted by Crippen LogP contribution is -1.83. The molecule has 0 saturated heterocycles. The lowest BCUT2D eigenvalue weighted by atomic mass is 10.3. The van der Waals surface area contributed by atoms with Crippen LogP contribution in [0.3, 0.4) is 0 Å². The van der Waals surface area contributed by atoms with Crippen LogP contribution < -0.4 is 5.73 Å². The van der Waals surface area contributed by atoms with Crippen LogP contribution >= 0.6 is 0 Å². The molecule has 1 aromatic rings. The van der Waals surface area contributed by atoms with Crippen LogP contribution in [0.2, 0.25) is 0 Å². The van der Waals surface area contributed by atoms with Crippen LogP contribution in [0, 0.1) is 0 Å². The maximum Gasteiger partial charge on any atom is 0.145 e. The fourth-order valence-corrected chi connectivity index (χ4v) is 0.557. The molecule has 0 aliphatic carbocycles. The summed E-state index contributed by atoms with van der Waals surface area (Å²) in [7, 11) is 0. The van der Waals surface area contributed by atoms with Crippen molar-refractivity contribution in [1.82, 2.24) is 10.2 Å². The summed E-state index contributed by atoms with van der Waals surface area (Å²) in [6.45, 7) is 1.42. The third-order valence-corrected chi connectivity index (χ3v) is 1.05. The Morgan fingerprint density at radius 3 is 2.78 bits per heavy atom. The predicted molar refractivity (Wildman–Crippen MR) is 32.5 cm³/mol. The van der Waals surface area contributed by atoms with E-state index in [0.29, 0.717) is 11.5 Å². The number of nitrogens with zero attached hydrogens (tertiary/aromatic N) is 1. The van der Waals surface area contributed by atoms with Crippen molar-refractivity contribution in [3.63, 3.8) is 0 Å². The van der Waals surface area contributed by atoms with Crippen molar-refractivity contribution in [2.45, 2.75) is 13.1 Å². The van der Waals surface area contributed by atoms with Crippen molar-refractivity contribution >= 4 is 5.82 Å². The second-order valence-electron chi connectivity index (χ2n) is 1.86. The number of nitrogens with one attached hydrogen (secondary N) is 1. The number of hydrogen-bond acceptors (Lipinski definition) is 2. The highest BCUT2D eigenvalue weighted by molar-refractivity contribution is 5.29. The van der Waals surface area contributed by atoms with E-state index in [0.717, 1.165) is 0 Å². The van der Waals surface area contributed by atoms with Crippen molar-refractivity contribution < 1.29 is 4.39 Å². The van der Waals surface area contributed by atoms with Crippen LogP contribution in [0.15, 0.2) is 6.07 Å². The van der Waals surface area contributed by atoms with E-state index in [-0.39, 0.29) is 0 Å². The number of halogens is 1. The Balaban J connectivity index is 2.85. The molecular weight excluding hydrogens is 121 g/mol. The topological polar surface area (TPSA) is 54.7 Å². The number of nitrogens with two attached hydrogens (primary N) is 1. The zero-order chi connectivity index (χ0) is 6.85. The summed E-state index contributed by atoms with van der Waals surface area (Å²) < 4.78 is 12.3. The van der Waals surface area contributed by atoms with Gasteiger partial charge in [-0.2, -0.15) is 5.10 Å². The molecule has 0 aliphatic heterocycles. The smallest absolute Gasteiger partial charge is 0.145 e. The fourth-order valence-electron chi connectivity index (χ4n) is 0.557. The fraction of sp³-hybridized carbons (Fsp3) is 0.400. The van der Waals surface area contributed by atoms with Crippen LogP contribution in [-0.2, 0) is 0 Å². The van der Waals surface area contributed by atoms with Gasteiger partial charge < -0.3 is 5.73 Å². The summed E-state index contributed by atoms with van der Waals surface area (Å²) in [5.74, 6) is 0.328. The van der Waals surface area contributed by atoms with Gasteiger partial charge in [-0.15, -0.1) is 0 Å². The van der Waals surface area contributed by atoms with E-state index in [1.54, 1.807) is 0 Å². The first-order valence-electron chi connectivity index (χ1n) is 2.65. The Morgan fingerprint density at radius 2 is 2.56 bits per heavy atom. The van der Waals surface area contributed by atoms with E-state index >= 15 is 0 Å². The molecule has 1 aromatic heterocycles. The van der Waals surface area contributed by atoms with Crippen LogP contribution in [-0.4, -0.2) is 10.2 Å². The molecule has 0 radical (unpaired) electrons. The van der Waals surface area contributed by atoms with E-state index in [1.807, 2.05) is 0 Å². The van der Waals surface area contributed by atoms with Crippen molar-refractivity contribution in [2.24, 2.45) is 0 Å². The quantitative estimate of drug-likeness (QED) is 0.594. The lowest BCUT2D eigenvalue weighted by molar-refractivity contribution is 0.365. The number of hydrogen-bond donors (Lipinski definition) is 2. The predicted octanol–water partition coefficient (Wildman–Crippen LogP) is 1.02. The van der Waals surface area contributed by atoms with E-state index < -0.39 is 6.17 Å². The minimum atomic E-state index is -1.02. The SMILES string of the molecule is C[C@@H](F)c1cc(N)n[nH]1. The van der Waals surface area contributed by atoms with Crippen molar-refractivity contribution in [1.29, 1.82) is 0 Å². The highest BCUT2D eigenvalue weighted by Gasteiger charge is 2.03. The van der Waals surface area contributed by atoms with Gasteiger partial charge in [-0.3, -0.25) is 5.10 Å². The van der Waals surface area contributed by atoms with Crippen LogP contribution in [0.25, 0.3) is 0 Å². The summed E-state index contributed by atoms with van der Waals surface area (Å²) in [6, 6.07) is 1.48. The molecule has 3 N–H and O–H groups in total. The molecule has 9 heavy (non-hydrogen) atoms. The van der Waals surface area contributed by atoms with Gasteiger partial charge in [0.15, 0.2) is 0 Å². The molecule has 4 heteroatoms. The minimum absolute atomic E-state index is 0.328. The second kappa shape index (κ2) is 2.05. The molecule has 0 aromatic carbocycles.